The van der Waals surface area contributed by atoms with Gasteiger partial charge >= 0.3 is 0 Å². The molecular formula is C21H34FN5O. The van der Waals surface area contributed by atoms with Crippen molar-refractivity contribution in [2.24, 2.45) is 10.9 Å². The fraction of sp³-hybridized carbons (Fsp3) is 0.619. The predicted octanol–water partition coefficient (Wildman–Crippen LogP) is 2.46. The van der Waals surface area contributed by atoms with Crippen LogP contribution in [0.25, 0.3) is 0 Å². The molecule has 156 valence electrons. The van der Waals surface area contributed by atoms with Crippen LogP contribution in [0.3, 0.4) is 0 Å². The number of aliphatic imine (C=N–C) groups is 1. The highest BCUT2D eigenvalue weighted by Crippen LogP contribution is 2.17. The second-order valence-corrected chi connectivity index (χ2v) is 7.53. The first-order valence-electron chi connectivity index (χ1n) is 10.2. The van der Waals surface area contributed by atoms with Crippen molar-refractivity contribution >= 4 is 17.6 Å². The first-order valence-corrected chi connectivity index (χ1v) is 10.2. The summed E-state index contributed by atoms with van der Waals surface area (Å²) >= 11 is 0. The largest absolute Gasteiger partial charge is 0.368 e. The Balaban J connectivity index is 1.79. The molecule has 1 aliphatic heterocycles. The summed E-state index contributed by atoms with van der Waals surface area (Å²) in [5.74, 6) is 1.17. The van der Waals surface area contributed by atoms with E-state index in [-0.39, 0.29) is 11.7 Å². The van der Waals surface area contributed by atoms with Gasteiger partial charge in [0.15, 0.2) is 5.96 Å². The molecule has 0 aliphatic carbocycles. The number of nitrogens with one attached hydrogen (secondary N) is 2. The standard InChI is InChI=1S/C21H34FN5O/c1-5-23-21(25-17(4)16(2)3)24-11-10-20(28)27-14-12-26(13-15-27)19-8-6-18(22)7-9-19/h6-9,16-17H,5,10-15H2,1-4H3,(H2,23,24,25). The Labute approximate surface area is 168 Å². The maximum Gasteiger partial charge on any atom is 0.224 e. The van der Waals surface area contributed by atoms with Crippen LogP contribution in [-0.2, 0) is 4.79 Å². The zero-order chi connectivity index (χ0) is 20.5. The van der Waals surface area contributed by atoms with E-state index in [1.165, 1.54) is 12.1 Å². The monoisotopic (exact) mass is 391 g/mol. The number of benzene rings is 1. The van der Waals surface area contributed by atoms with Crippen LogP contribution in [-0.4, -0.2) is 62.1 Å². The topological polar surface area (TPSA) is 60.0 Å². The molecule has 1 aromatic carbocycles. The Kier molecular flexibility index (Phi) is 8.54. The lowest BCUT2D eigenvalue weighted by atomic mass is 10.1. The van der Waals surface area contributed by atoms with Crippen LogP contribution in [0.1, 0.15) is 34.1 Å². The van der Waals surface area contributed by atoms with Gasteiger partial charge in [0.2, 0.25) is 5.91 Å². The highest BCUT2D eigenvalue weighted by Gasteiger charge is 2.21. The van der Waals surface area contributed by atoms with E-state index in [1.54, 1.807) is 12.1 Å². The maximum absolute atomic E-state index is 13.1. The fourth-order valence-electron chi connectivity index (χ4n) is 2.99. The highest BCUT2D eigenvalue weighted by molar-refractivity contribution is 5.81. The summed E-state index contributed by atoms with van der Waals surface area (Å²) in [5.41, 5.74) is 0.999. The molecule has 1 aromatic rings. The second-order valence-electron chi connectivity index (χ2n) is 7.53. The Morgan fingerprint density at radius 3 is 2.36 bits per heavy atom. The van der Waals surface area contributed by atoms with Gasteiger partial charge in [0.1, 0.15) is 5.82 Å². The van der Waals surface area contributed by atoms with Crippen LogP contribution >= 0.6 is 0 Å². The number of piperazine rings is 1. The van der Waals surface area contributed by atoms with Gasteiger partial charge in [-0.25, -0.2) is 4.39 Å². The van der Waals surface area contributed by atoms with Gasteiger partial charge in [-0.3, -0.25) is 9.79 Å². The van der Waals surface area contributed by atoms with Gasteiger partial charge in [-0.2, -0.15) is 0 Å². The lowest BCUT2D eigenvalue weighted by molar-refractivity contribution is -0.131. The summed E-state index contributed by atoms with van der Waals surface area (Å²) in [4.78, 5) is 21.1. The minimum Gasteiger partial charge on any atom is -0.368 e. The average Bonchev–Trinajstić information content (AvgIpc) is 2.68. The third-order valence-electron chi connectivity index (χ3n) is 5.13. The summed E-state index contributed by atoms with van der Waals surface area (Å²) < 4.78 is 13.1. The van der Waals surface area contributed by atoms with Gasteiger partial charge in [-0.1, -0.05) is 13.8 Å². The van der Waals surface area contributed by atoms with Gasteiger partial charge in [0, 0.05) is 50.9 Å². The molecule has 7 heteroatoms. The molecule has 1 atom stereocenters. The van der Waals surface area contributed by atoms with Crippen molar-refractivity contribution in [3.05, 3.63) is 30.1 Å². The van der Waals surface area contributed by atoms with E-state index in [9.17, 15) is 9.18 Å². The third kappa shape index (κ3) is 6.69. The predicted molar refractivity (Wildman–Crippen MR) is 113 cm³/mol. The van der Waals surface area contributed by atoms with Gasteiger partial charge < -0.3 is 20.4 Å². The molecule has 2 N–H and O–H groups in total. The van der Waals surface area contributed by atoms with Gasteiger partial charge in [-0.05, 0) is 44.0 Å². The molecule has 0 aromatic heterocycles. The first kappa shape index (κ1) is 22.0. The van der Waals surface area contributed by atoms with Crippen molar-refractivity contribution in [2.45, 2.75) is 40.2 Å². The molecule has 28 heavy (non-hydrogen) atoms. The van der Waals surface area contributed by atoms with Crippen molar-refractivity contribution in [3.63, 3.8) is 0 Å². The van der Waals surface area contributed by atoms with Crippen molar-refractivity contribution in [1.29, 1.82) is 0 Å². The Bertz CT molecular complexity index is 639. The number of rotatable bonds is 7. The zero-order valence-corrected chi connectivity index (χ0v) is 17.5. The van der Waals surface area contributed by atoms with E-state index >= 15 is 0 Å². The summed E-state index contributed by atoms with van der Waals surface area (Å²) in [6.07, 6.45) is 0.406. The van der Waals surface area contributed by atoms with E-state index in [4.69, 9.17) is 0 Å². The molecule has 1 unspecified atom stereocenters. The van der Waals surface area contributed by atoms with Crippen molar-refractivity contribution in [2.75, 3.05) is 44.2 Å². The quantitative estimate of drug-likeness (QED) is 0.554. The average molecular weight is 392 g/mol. The number of carbonyl (C=O) groups is 1. The number of nitrogens with zero attached hydrogens (tertiary/aromatic N) is 3. The fourth-order valence-corrected chi connectivity index (χ4v) is 2.99. The summed E-state index contributed by atoms with van der Waals surface area (Å²) in [5, 5.41) is 6.61. The molecular weight excluding hydrogens is 357 g/mol. The van der Waals surface area contributed by atoms with Crippen LogP contribution in [0.5, 0.6) is 0 Å². The number of hydrogen-bond donors (Lipinski definition) is 2. The number of amides is 1. The molecule has 0 radical (unpaired) electrons. The Hall–Kier alpha value is -2.31. The van der Waals surface area contributed by atoms with Crippen LogP contribution < -0.4 is 15.5 Å². The summed E-state index contributed by atoms with van der Waals surface area (Å²) in [7, 11) is 0. The molecule has 1 aliphatic rings. The molecule has 1 fully saturated rings. The maximum atomic E-state index is 13.1. The number of carbonyl (C=O) groups excluding carboxylic acids is 1. The molecule has 0 saturated carbocycles. The van der Waals surface area contributed by atoms with E-state index in [0.717, 1.165) is 31.3 Å². The van der Waals surface area contributed by atoms with E-state index in [0.29, 0.717) is 38.0 Å². The summed E-state index contributed by atoms with van der Waals surface area (Å²) in [6, 6.07) is 6.83. The molecule has 6 nitrogen and oxygen atoms in total. The van der Waals surface area contributed by atoms with Gasteiger partial charge in [-0.15, -0.1) is 0 Å². The number of halogens is 1. The smallest absolute Gasteiger partial charge is 0.224 e. The minimum atomic E-state index is -0.229. The summed E-state index contributed by atoms with van der Waals surface area (Å²) in [6.45, 7) is 12.6. The van der Waals surface area contributed by atoms with Crippen molar-refractivity contribution < 1.29 is 9.18 Å². The minimum absolute atomic E-state index is 0.135. The molecule has 1 saturated heterocycles. The van der Waals surface area contributed by atoms with Crippen LogP contribution in [0, 0.1) is 11.7 Å². The van der Waals surface area contributed by atoms with Crippen LogP contribution in [0.4, 0.5) is 10.1 Å². The van der Waals surface area contributed by atoms with E-state index in [1.807, 2.05) is 11.8 Å². The van der Waals surface area contributed by atoms with Gasteiger partial charge in [0.25, 0.3) is 0 Å². The Morgan fingerprint density at radius 2 is 1.79 bits per heavy atom. The molecule has 2 rings (SSSR count). The SMILES string of the molecule is CCNC(=NCCC(=O)N1CCN(c2ccc(F)cc2)CC1)NC(C)C(C)C. The third-order valence-corrected chi connectivity index (χ3v) is 5.13. The van der Waals surface area contributed by atoms with E-state index < -0.39 is 0 Å². The molecule has 1 amide bonds. The normalized spacial score (nSPS) is 16.3. The van der Waals surface area contributed by atoms with Crippen LogP contribution in [0.2, 0.25) is 0 Å². The first-order chi connectivity index (χ1) is 13.4. The van der Waals surface area contributed by atoms with Crippen molar-refractivity contribution in [3.8, 4) is 0 Å². The highest BCUT2D eigenvalue weighted by atomic mass is 19.1. The van der Waals surface area contributed by atoms with Gasteiger partial charge in [0.05, 0.1) is 6.54 Å². The lowest BCUT2D eigenvalue weighted by Gasteiger charge is -2.36. The molecule has 0 bridgehead atoms. The zero-order valence-electron chi connectivity index (χ0n) is 17.5. The van der Waals surface area contributed by atoms with E-state index in [2.05, 4.69) is 41.3 Å². The Morgan fingerprint density at radius 1 is 1.14 bits per heavy atom. The van der Waals surface area contributed by atoms with Crippen LogP contribution in [0.15, 0.2) is 29.3 Å². The number of hydrogen-bond acceptors (Lipinski definition) is 3. The number of guanidine groups is 1. The number of anilines is 1. The second kappa shape index (κ2) is 10.9. The molecule has 1 heterocycles. The lowest BCUT2D eigenvalue weighted by Crippen LogP contribution is -2.49. The molecule has 0 spiro atoms. The van der Waals surface area contributed by atoms with Crippen molar-refractivity contribution in [1.82, 2.24) is 15.5 Å².